The van der Waals surface area contributed by atoms with Crippen molar-refractivity contribution < 1.29 is 0 Å². The molecular weight excluding hydrogens is 400 g/mol. The van der Waals surface area contributed by atoms with Gasteiger partial charge in [-0.1, -0.05) is 55.8 Å². The second-order valence-electron chi connectivity index (χ2n) is 10.0. The highest BCUT2D eigenvalue weighted by molar-refractivity contribution is 6.30. The summed E-state index contributed by atoms with van der Waals surface area (Å²) in [4.78, 5) is 2.81. The van der Waals surface area contributed by atoms with Crippen LogP contribution in [0.25, 0.3) is 22.2 Å². The maximum Gasteiger partial charge on any atom is 0.0493 e. The van der Waals surface area contributed by atoms with Crippen molar-refractivity contribution in [3.63, 3.8) is 0 Å². The summed E-state index contributed by atoms with van der Waals surface area (Å²) in [5.74, 6) is 1.79. The highest BCUT2D eigenvalue weighted by Gasteiger charge is 2.31. The van der Waals surface area contributed by atoms with Crippen LogP contribution in [0, 0.1) is 11.8 Å². The summed E-state index contributed by atoms with van der Waals surface area (Å²) in [5, 5.41) is 2.13. The molecule has 0 spiro atoms. The predicted molar refractivity (Wildman–Crippen MR) is 133 cm³/mol. The quantitative estimate of drug-likeness (QED) is 0.406. The number of benzene rings is 2. The van der Waals surface area contributed by atoms with E-state index in [1.54, 1.807) is 0 Å². The average molecular weight is 435 g/mol. The number of rotatable bonds is 4. The Morgan fingerprint density at radius 3 is 2.16 bits per heavy atom. The number of para-hydroxylation sites is 1. The van der Waals surface area contributed by atoms with Crippen molar-refractivity contribution in [2.75, 3.05) is 13.1 Å². The zero-order valence-corrected chi connectivity index (χ0v) is 19.7. The second kappa shape index (κ2) is 9.00. The van der Waals surface area contributed by atoms with Crippen LogP contribution in [0.15, 0.2) is 54.6 Å². The molecule has 0 amide bonds. The van der Waals surface area contributed by atoms with Gasteiger partial charge < -0.3 is 9.47 Å². The minimum Gasteiger partial charge on any atom is -0.337 e. The largest absolute Gasteiger partial charge is 0.337 e. The molecule has 1 aliphatic heterocycles. The van der Waals surface area contributed by atoms with Gasteiger partial charge in [0.2, 0.25) is 0 Å². The van der Waals surface area contributed by atoms with Gasteiger partial charge in [0, 0.05) is 46.8 Å². The van der Waals surface area contributed by atoms with E-state index >= 15 is 0 Å². The molecule has 0 bridgehead atoms. The monoisotopic (exact) mass is 434 g/mol. The molecule has 2 aromatic carbocycles. The summed E-state index contributed by atoms with van der Waals surface area (Å²) in [6.07, 6.45) is 8.12. The molecule has 3 aromatic rings. The van der Waals surface area contributed by atoms with Gasteiger partial charge in [0.15, 0.2) is 0 Å². The van der Waals surface area contributed by atoms with Crippen LogP contribution in [0.3, 0.4) is 0 Å². The molecule has 2 nitrogen and oxygen atoms in total. The van der Waals surface area contributed by atoms with Crippen LogP contribution < -0.4 is 0 Å². The van der Waals surface area contributed by atoms with Crippen LogP contribution in [-0.2, 0) is 0 Å². The second-order valence-corrected chi connectivity index (χ2v) is 10.5. The Bertz CT molecular complexity index is 1000. The van der Waals surface area contributed by atoms with E-state index in [1.807, 2.05) is 12.1 Å². The third-order valence-corrected chi connectivity index (χ3v) is 8.20. The highest BCUT2D eigenvalue weighted by atomic mass is 35.5. The van der Waals surface area contributed by atoms with E-state index in [9.17, 15) is 0 Å². The van der Waals surface area contributed by atoms with Gasteiger partial charge in [0.25, 0.3) is 0 Å². The molecule has 0 atom stereocenters. The number of hydrogen-bond donors (Lipinski definition) is 0. The SMILES string of the molecule is CC(C)C1CCC(N2CCC(n3c(-c4ccc(Cl)cc4)cc4ccccc43)CC2)CC1. The van der Waals surface area contributed by atoms with E-state index in [0.29, 0.717) is 6.04 Å². The summed E-state index contributed by atoms with van der Waals surface area (Å²) >= 11 is 6.17. The van der Waals surface area contributed by atoms with Crippen molar-refractivity contribution in [2.45, 2.75) is 64.5 Å². The summed E-state index contributed by atoms with van der Waals surface area (Å²) < 4.78 is 2.62. The zero-order valence-electron chi connectivity index (χ0n) is 18.9. The molecule has 1 saturated heterocycles. The molecule has 3 heteroatoms. The van der Waals surface area contributed by atoms with Crippen LogP contribution in [0.1, 0.15) is 58.4 Å². The van der Waals surface area contributed by atoms with Crippen LogP contribution >= 0.6 is 11.6 Å². The van der Waals surface area contributed by atoms with Crippen molar-refractivity contribution in [1.29, 1.82) is 0 Å². The van der Waals surface area contributed by atoms with Crippen molar-refractivity contribution in [1.82, 2.24) is 9.47 Å². The lowest BCUT2D eigenvalue weighted by molar-refractivity contribution is 0.0896. The molecule has 2 fully saturated rings. The third kappa shape index (κ3) is 4.30. The number of aromatic nitrogens is 1. The van der Waals surface area contributed by atoms with E-state index in [-0.39, 0.29) is 0 Å². The standard InChI is InChI=1S/C28H35ClN2/c1-20(2)21-9-13-25(14-10-21)30-17-15-26(16-18-30)31-27-6-4-3-5-23(27)19-28(31)22-7-11-24(29)12-8-22/h3-8,11-12,19-21,25-26H,9-10,13-18H2,1-2H3. The first kappa shape index (κ1) is 21.1. The minimum atomic E-state index is 0.564. The Hall–Kier alpha value is -1.77. The Kier molecular flexibility index (Phi) is 6.12. The summed E-state index contributed by atoms with van der Waals surface area (Å²) in [6.45, 7) is 7.26. The lowest BCUT2D eigenvalue weighted by Gasteiger charge is -2.42. The van der Waals surface area contributed by atoms with Gasteiger partial charge in [-0.2, -0.15) is 0 Å². The Labute approximate surface area is 192 Å². The summed E-state index contributed by atoms with van der Waals surface area (Å²) in [5.41, 5.74) is 3.95. The molecule has 2 heterocycles. The lowest BCUT2D eigenvalue weighted by atomic mass is 9.79. The van der Waals surface area contributed by atoms with Crippen molar-refractivity contribution >= 4 is 22.5 Å². The predicted octanol–water partition coefficient (Wildman–Crippen LogP) is 7.81. The van der Waals surface area contributed by atoms with Crippen molar-refractivity contribution in [2.24, 2.45) is 11.8 Å². The molecule has 2 aliphatic rings. The van der Waals surface area contributed by atoms with Gasteiger partial charge in [0.1, 0.15) is 0 Å². The fourth-order valence-corrected chi connectivity index (χ4v) is 6.18. The average Bonchev–Trinajstić information content (AvgIpc) is 3.19. The van der Waals surface area contributed by atoms with Crippen LogP contribution in [0.5, 0.6) is 0 Å². The zero-order chi connectivity index (χ0) is 21.4. The molecule has 0 N–H and O–H groups in total. The van der Waals surface area contributed by atoms with Crippen LogP contribution in [0.2, 0.25) is 5.02 Å². The minimum absolute atomic E-state index is 0.564. The fourth-order valence-electron chi connectivity index (χ4n) is 6.05. The Morgan fingerprint density at radius 1 is 0.806 bits per heavy atom. The fraction of sp³-hybridized carbons (Fsp3) is 0.500. The van der Waals surface area contributed by atoms with Crippen molar-refractivity contribution in [3.05, 3.63) is 59.6 Å². The number of nitrogens with zero attached hydrogens (tertiary/aromatic N) is 2. The molecule has 31 heavy (non-hydrogen) atoms. The first-order valence-electron chi connectivity index (χ1n) is 12.2. The first-order valence-corrected chi connectivity index (χ1v) is 12.6. The Morgan fingerprint density at radius 2 is 1.48 bits per heavy atom. The summed E-state index contributed by atoms with van der Waals surface area (Å²) in [7, 11) is 0. The molecule has 1 saturated carbocycles. The maximum absolute atomic E-state index is 6.17. The van der Waals surface area contributed by atoms with E-state index in [4.69, 9.17) is 11.6 Å². The molecule has 1 aliphatic carbocycles. The van der Waals surface area contributed by atoms with E-state index in [2.05, 4.69) is 65.8 Å². The van der Waals surface area contributed by atoms with Gasteiger partial charge >= 0.3 is 0 Å². The summed E-state index contributed by atoms with van der Waals surface area (Å²) in [6, 6.07) is 20.9. The first-order chi connectivity index (χ1) is 15.1. The van der Waals surface area contributed by atoms with Gasteiger partial charge in [-0.15, -0.1) is 0 Å². The number of halogens is 1. The number of fused-ring (bicyclic) bond motifs is 1. The van der Waals surface area contributed by atoms with Crippen LogP contribution in [0.4, 0.5) is 0 Å². The molecule has 0 unspecified atom stereocenters. The van der Waals surface area contributed by atoms with E-state index in [1.165, 1.54) is 73.8 Å². The van der Waals surface area contributed by atoms with E-state index < -0.39 is 0 Å². The highest BCUT2D eigenvalue weighted by Crippen LogP contribution is 2.38. The smallest absolute Gasteiger partial charge is 0.0493 e. The topological polar surface area (TPSA) is 8.17 Å². The normalized spacial score (nSPS) is 23.6. The van der Waals surface area contributed by atoms with Gasteiger partial charge in [-0.25, -0.2) is 0 Å². The maximum atomic E-state index is 6.17. The third-order valence-electron chi connectivity index (χ3n) is 7.95. The van der Waals surface area contributed by atoms with Crippen LogP contribution in [-0.4, -0.2) is 28.6 Å². The number of piperidine rings is 1. The lowest BCUT2D eigenvalue weighted by Crippen LogP contribution is -2.43. The van der Waals surface area contributed by atoms with E-state index in [0.717, 1.165) is 22.9 Å². The molecule has 164 valence electrons. The van der Waals surface area contributed by atoms with Gasteiger partial charge in [0.05, 0.1) is 0 Å². The van der Waals surface area contributed by atoms with Crippen molar-refractivity contribution in [3.8, 4) is 11.3 Å². The number of likely N-dealkylation sites (tertiary alicyclic amines) is 1. The number of hydrogen-bond acceptors (Lipinski definition) is 1. The molecule has 1 aromatic heterocycles. The van der Waals surface area contributed by atoms with Gasteiger partial charge in [-0.3, -0.25) is 0 Å². The molecule has 5 rings (SSSR count). The molecule has 0 radical (unpaired) electrons. The molecular formula is C28H35ClN2. The Balaban J connectivity index is 1.35. The van der Waals surface area contributed by atoms with Gasteiger partial charge in [-0.05, 0) is 80.2 Å².